The van der Waals surface area contributed by atoms with Crippen LogP contribution in [0.25, 0.3) is 11.8 Å². The maximum absolute atomic E-state index is 10.6. The summed E-state index contributed by atoms with van der Waals surface area (Å²) in [7, 11) is 0. The van der Waals surface area contributed by atoms with Crippen LogP contribution in [0.3, 0.4) is 0 Å². The van der Waals surface area contributed by atoms with E-state index >= 15 is 0 Å². The molecule has 0 spiro atoms. The zero-order chi connectivity index (χ0) is 13.1. The Hall–Kier alpha value is -2.32. The highest BCUT2D eigenvalue weighted by Crippen LogP contribution is 2.19. The van der Waals surface area contributed by atoms with Gasteiger partial charge in [-0.1, -0.05) is 60.7 Å². The largest absolute Gasteiger partial charge is 0.382 e. The third-order valence-electron chi connectivity index (χ3n) is 3.25. The van der Waals surface area contributed by atoms with E-state index in [1.807, 2.05) is 72.9 Å². The van der Waals surface area contributed by atoms with Crippen LogP contribution in [0.5, 0.6) is 0 Å². The fourth-order valence-electron chi connectivity index (χ4n) is 2.28. The number of hydrogen-bond acceptors (Lipinski definition) is 2. The first-order chi connectivity index (χ1) is 9.36. The molecule has 2 heteroatoms. The molecule has 0 aromatic heterocycles. The van der Waals surface area contributed by atoms with Gasteiger partial charge in [0, 0.05) is 11.4 Å². The Bertz CT molecular complexity index is 716. The van der Waals surface area contributed by atoms with Crippen LogP contribution in [-0.4, -0.2) is 5.11 Å². The Morgan fingerprint density at radius 1 is 0.895 bits per heavy atom. The van der Waals surface area contributed by atoms with E-state index in [1.54, 1.807) is 0 Å². The standard InChI is InChI=1S/C17H15NO/c19-17(14-8-2-1-3-9-14)16-15-11-5-4-7-13(15)10-6-12-18-16/h1-12,17-19H. The normalized spacial score (nSPS) is 14.9. The summed E-state index contributed by atoms with van der Waals surface area (Å²) < 4.78 is 0. The van der Waals surface area contributed by atoms with Gasteiger partial charge in [-0.3, -0.25) is 0 Å². The Labute approximate surface area is 112 Å². The molecule has 0 fully saturated rings. The van der Waals surface area contributed by atoms with Gasteiger partial charge < -0.3 is 10.4 Å². The van der Waals surface area contributed by atoms with Crippen LogP contribution in [0.2, 0.25) is 0 Å². The SMILES string of the molecule is OC(C1=c2ccccc2=CC=CN1)c1ccccc1. The number of allylic oxidation sites excluding steroid dienone is 1. The van der Waals surface area contributed by atoms with E-state index in [-0.39, 0.29) is 0 Å². The van der Waals surface area contributed by atoms with Crippen molar-refractivity contribution in [3.05, 3.63) is 82.9 Å². The molecule has 0 saturated carbocycles. The number of benzene rings is 2. The van der Waals surface area contributed by atoms with Gasteiger partial charge in [-0.25, -0.2) is 0 Å². The average Bonchev–Trinajstić information content (AvgIpc) is 2.70. The fraction of sp³-hybridized carbons (Fsp3) is 0.0588. The van der Waals surface area contributed by atoms with Crippen molar-refractivity contribution in [2.24, 2.45) is 0 Å². The van der Waals surface area contributed by atoms with Crippen LogP contribution < -0.4 is 15.8 Å². The molecule has 2 aromatic rings. The molecule has 0 bridgehead atoms. The van der Waals surface area contributed by atoms with E-state index in [9.17, 15) is 5.11 Å². The van der Waals surface area contributed by atoms with Crippen molar-refractivity contribution in [2.45, 2.75) is 6.10 Å². The highest BCUT2D eigenvalue weighted by molar-refractivity contribution is 5.56. The summed E-state index contributed by atoms with van der Waals surface area (Å²) in [4.78, 5) is 0. The minimum absolute atomic E-state index is 0.654. The van der Waals surface area contributed by atoms with Crippen molar-refractivity contribution in [3.63, 3.8) is 0 Å². The van der Waals surface area contributed by atoms with Gasteiger partial charge >= 0.3 is 0 Å². The fourth-order valence-corrected chi connectivity index (χ4v) is 2.28. The summed E-state index contributed by atoms with van der Waals surface area (Å²) in [6.07, 6.45) is 5.18. The number of fused-ring (bicyclic) bond motifs is 1. The molecule has 0 radical (unpaired) electrons. The van der Waals surface area contributed by atoms with E-state index in [4.69, 9.17) is 0 Å². The molecule has 2 nitrogen and oxygen atoms in total. The minimum atomic E-state index is -0.654. The first-order valence-corrected chi connectivity index (χ1v) is 6.32. The first-order valence-electron chi connectivity index (χ1n) is 6.32. The third-order valence-corrected chi connectivity index (χ3v) is 3.25. The maximum atomic E-state index is 10.6. The molecule has 19 heavy (non-hydrogen) atoms. The van der Waals surface area contributed by atoms with Crippen LogP contribution in [0.15, 0.2) is 66.9 Å². The summed E-state index contributed by atoms with van der Waals surface area (Å²) >= 11 is 0. The van der Waals surface area contributed by atoms with Crippen molar-refractivity contribution in [1.82, 2.24) is 5.32 Å². The van der Waals surface area contributed by atoms with Crippen LogP contribution in [0, 0.1) is 0 Å². The van der Waals surface area contributed by atoms with Gasteiger partial charge in [0.15, 0.2) is 0 Å². The number of nitrogens with one attached hydrogen (secondary N) is 1. The van der Waals surface area contributed by atoms with Crippen molar-refractivity contribution in [2.75, 3.05) is 0 Å². The zero-order valence-corrected chi connectivity index (χ0v) is 10.5. The summed E-state index contributed by atoms with van der Waals surface area (Å²) in [5, 5.41) is 15.9. The van der Waals surface area contributed by atoms with Gasteiger partial charge in [-0.15, -0.1) is 0 Å². The van der Waals surface area contributed by atoms with E-state index < -0.39 is 6.10 Å². The lowest BCUT2D eigenvalue weighted by atomic mass is 10.0. The van der Waals surface area contributed by atoms with E-state index in [0.717, 1.165) is 21.7 Å². The van der Waals surface area contributed by atoms with Crippen LogP contribution >= 0.6 is 0 Å². The predicted molar refractivity (Wildman–Crippen MR) is 77.2 cm³/mol. The lowest BCUT2D eigenvalue weighted by Crippen LogP contribution is -2.31. The van der Waals surface area contributed by atoms with Gasteiger partial charge in [0.2, 0.25) is 0 Å². The van der Waals surface area contributed by atoms with Gasteiger partial charge in [0.05, 0.1) is 5.70 Å². The second-order valence-electron chi connectivity index (χ2n) is 4.48. The molecule has 3 rings (SSSR count). The van der Waals surface area contributed by atoms with Crippen LogP contribution in [0.4, 0.5) is 0 Å². The number of aliphatic hydroxyl groups excluding tert-OH is 1. The number of hydrogen-bond donors (Lipinski definition) is 2. The quantitative estimate of drug-likeness (QED) is 0.844. The van der Waals surface area contributed by atoms with Gasteiger partial charge in [-0.05, 0) is 16.9 Å². The van der Waals surface area contributed by atoms with E-state index in [2.05, 4.69) is 5.32 Å². The lowest BCUT2D eigenvalue weighted by molar-refractivity contribution is 0.232. The van der Waals surface area contributed by atoms with Gasteiger partial charge in [-0.2, -0.15) is 0 Å². The summed E-state index contributed by atoms with van der Waals surface area (Å²) in [6, 6.07) is 17.7. The van der Waals surface area contributed by atoms with Crippen molar-refractivity contribution < 1.29 is 5.11 Å². The molecule has 2 aromatic carbocycles. The summed E-state index contributed by atoms with van der Waals surface area (Å²) in [5.41, 5.74) is 1.70. The van der Waals surface area contributed by atoms with Crippen molar-refractivity contribution in [3.8, 4) is 0 Å². The molecule has 94 valence electrons. The zero-order valence-electron chi connectivity index (χ0n) is 10.5. The van der Waals surface area contributed by atoms with Crippen molar-refractivity contribution in [1.29, 1.82) is 0 Å². The Morgan fingerprint density at radius 3 is 2.47 bits per heavy atom. The Morgan fingerprint density at radius 2 is 1.63 bits per heavy atom. The van der Waals surface area contributed by atoms with Crippen molar-refractivity contribution >= 4 is 11.8 Å². The second kappa shape index (κ2) is 5.12. The molecular formula is C17H15NO. The monoisotopic (exact) mass is 249 g/mol. The highest BCUT2D eigenvalue weighted by Gasteiger charge is 2.13. The molecular weight excluding hydrogens is 234 g/mol. The molecule has 0 aliphatic carbocycles. The van der Waals surface area contributed by atoms with Crippen LogP contribution in [0.1, 0.15) is 11.7 Å². The topological polar surface area (TPSA) is 32.3 Å². The highest BCUT2D eigenvalue weighted by atomic mass is 16.3. The second-order valence-corrected chi connectivity index (χ2v) is 4.48. The maximum Gasteiger partial charge on any atom is 0.119 e. The van der Waals surface area contributed by atoms with Crippen LogP contribution in [-0.2, 0) is 0 Å². The molecule has 2 N–H and O–H groups in total. The van der Waals surface area contributed by atoms with Gasteiger partial charge in [0.25, 0.3) is 0 Å². The Kier molecular flexibility index (Phi) is 3.17. The first kappa shape index (κ1) is 11.8. The molecule has 1 unspecified atom stereocenters. The molecule has 0 saturated heterocycles. The Balaban J connectivity index is 2.19. The minimum Gasteiger partial charge on any atom is -0.382 e. The van der Waals surface area contributed by atoms with E-state index in [1.165, 1.54) is 0 Å². The predicted octanol–water partition coefficient (Wildman–Crippen LogP) is 1.43. The molecule has 1 aliphatic heterocycles. The average molecular weight is 249 g/mol. The van der Waals surface area contributed by atoms with E-state index in [0.29, 0.717) is 0 Å². The number of rotatable bonds is 2. The summed E-state index contributed by atoms with van der Waals surface area (Å²) in [5.74, 6) is 0. The molecule has 1 atom stereocenters. The number of aliphatic hydroxyl groups is 1. The molecule has 1 heterocycles. The molecule has 0 amide bonds. The lowest BCUT2D eigenvalue weighted by Gasteiger charge is -2.15. The smallest absolute Gasteiger partial charge is 0.119 e. The summed E-state index contributed by atoms with van der Waals surface area (Å²) in [6.45, 7) is 0. The molecule has 1 aliphatic rings. The van der Waals surface area contributed by atoms with Gasteiger partial charge in [0.1, 0.15) is 6.10 Å². The third kappa shape index (κ3) is 2.30.